The van der Waals surface area contributed by atoms with Crippen LogP contribution in [-0.4, -0.2) is 56.5 Å². The average Bonchev–Trinajstić information content (AvgIpc) is 3.18. The van der Waals surface area contributed by atoms with Crippen LogP contribution in [0.3, 0.4) is 0 Å². The van der Waals surface area contributed by atoms with E-state index in [0.29, 0.717) is 31.5 Å². The molecule has 1 N–H and O–H groups in total. The molecule has 0 unspecified atom stereocenters. The summed E-state index contributed by atoms with van der Waals surface area (Å²) >= 11 is 0. The van der Waals surface area contributed by atoms with Crippen molar-refractivity contribution in [1.82, 2.24) is 15.5 Å². The van der Waals surface area contributed by atoms with Crippen LogP contribution in [0.4, 0.5) is 6.01 Å². The summed E-state index contributed by atoms with van der Waals surface area (Å²) in [4.78, 5) is 18.7. The number of ether oxygens (including phenoxy) is 2. The number of hydrogen-bond acceptors (Lipinski definition) is 7. The van der Waals surface area contributed by atoms with E-state index < -0.39 is 0 Å². The second kappa shape index (κ2) is 8.66. The van der Waals surface area contributed by atoms with Crippen molar-refractivity contribution in [3.63, 3.8) is 0 Å². The zero-order chi connectivity index (χ0) is 18.4. The molecule has 2 heterocycles. The van der Waals surface area contributed by atoms with Crippen molar-refractivity contribution in [2.75, 3.05) is 45.4 Å². The lowest BCUT2D eigenvalue weighted by molar-refractivity contribution is -0.125. The summed E-state index contributed by atoms with van der Waals surface area (Å²) in [5, 5.41) is 6.96. The number of methoxy groups -OCH3 is 2. The minimum atomic E-state index is -0.0862. The Morgan fingerprint density at radius 1 is 1.35 bits per heavy atom. The lowest BCUT2D eigenvalue weighted by Crippen LogP contribution is -2.43. The molecule has 140 valence electrons. The largest absolute Gasteiger partial charge is 0.497 e. The molecule has 0 spiro atoms. The first-order valence-electron chi connectivity index (χ1n) is 8.71. The van der Waals surface area contributed by atoms with Crippen LogP contribution in [0, 0.1) is 5.92 Å². The van der Waals surface area contributed by atoms with Crippen LogP contribution in [0.1, 0.15) is 12.8 Å². The fourth-order valence-electron chi connectivity index (χ4n) is 2.99. The summed E-state index contributed by atoms with van der Waals surface area (Å²) in [5.74, 6) is 1.25. The number of nitrogens with one attached hydrogen (secondary N) is 1. The lowest BCUT2D eigenvalue weighted by atomic mass is 9.97. The molecule has 2 aromatic rings. The topological polar surface area (TPSA) is 89.7 Å². The maximum atomic E-state index is 12.3. The fraction of sp³-hybridized carbons (Fsp3) is 0.500. The van der Waals surface area contributed by atoms with E-state index in [0.717, 1.165) is 30.7 Å². The third kappa shape index (κ3) is 4.32. The van der Waals surface area contributed by atoms with Gasteiger partial charge in [-0.05, 0) is 37.1 Å². The number of hydrogen-bond donors (Lipinski definition) is 1. The van der Waals surface area contributed by atoms with Crippen LogP contribution in [0.15, 0.2) is 28.8 Å². The van der Waals surface area contributed by atoms with E-state index >= 15 is 0 Å². The van der Waals surface area contributed by atoms with E-state index in [9.17, 15) is 4.79 Å². The van der Waals surface area contributed by atoms with Gasteiger partial charge in [0, 0.05) is 32.3 Å². The van der Waals surface area contributed by atoms with E-state index in [1.807, 2.05) is 29.2 Å². The quantitative estimate of drug-likeness (QED) is 0.752. The Labute approximate surface area is 152 Å². The fourth-order valence-corrected chi connectivity index (χ4v) is 2.99. The molecule has 0 radical (unpaired) electrons. The molecule has 8 heteroatoms. The van der Waals surface area contributed by atoms with Gasteiger partial charge in [0.2, 0.25) is 11.7 Å². The van der Waals surface area contributed by atoms with Crippen molar-refractivity contribution in [2.45, 2.75) is 12.8 Å². The van der Waals surface area contributed by atoms with Crippen LogP contribution >= 0.6 is 0 Å². The van der Waals surface area contributed by atoms with Crippen LogP contribution in [0.2, 0.25) is 0 Å². The van der Waals surface area contributed by atoms with Crippen LogP contribution in [-0.2, 0) is 9.53 Å². The molecule has 26 heavy (non-hydrogen) atoms. The maximum Gasteiger partial charge on any atom is 0.324 e. The molecular formula is C18H24N4O4. The third-order valence-corrected chi connectivity index (χ3v) is 4.43. The molecule has 1 aliphatic heterocycles. The van der Waals surface area contributed by atoms with Gasteiger partial charge in [0.15, 0.2) is 0 Å². The predicted molar refractivity (Wildman–Crippen MR) is 96.1 cm³/mol. The van der Waals surface area contributed by atoms with Gasteiger partial charge in [-0.25, -0.2) is 0 Å². The number of amides is 1. The highest BCUT2D eigenvalue weighted by atomic mass is 16.5. The van der Waals surface area contributed by atoms with Crippen molar-refractivity contribution in [1.29, 1.82) is 0 Å². The Morgan fingerprint density at radius 2 is 2.15 bits per heavy atom. The lowest BCUT2D eigenvalue weighted by Gasteiger charge is -2.30. The summed E-state index contributed by atoms with van der Waals surface area (Å²) in [6.07, 6.45) is 1.76. The Morgan fingerprint density at radius 3 is 2.88 bits per heavy atom. The second-order valence-electron chi connectivity index (χ2n) is 6.20. The van der Waals surface area contributed by atoms with Gasteiger partial charge in [0.25, 0.3) is 0 Å². The van der Waals surface area contributed by atoms with Crippen LogP contribution < -0.4 is 15.0 Å². The summed E-state index contributed by atoms with van der Waals surface area (Å²) in [7, 11) is 3.24. The van der Waals surface area contributed by atoms with Gasteiger partial charge in [-0.15, -0.1) is 0 Å². The number of nitrogens with zero attached hydrogens (tertiary/aromatic N) is 3. The summed E-state index contributed by atoms with van der Waals surface area (Å²) in [5.41, 5.74) is 0.853. The number of carbonyl (C=O) groups is 1. The number of carbonyl (C=O) groups excluding carboxylic acids is 1. The molecule has 1 aromatic carbocycles. The molecule has 0 saturated carbocycles. The molecule has 0 aliphatic carbocycles. The molecule has 8 nitrogen and oxygen atoms in total. The van der Waals surface area contributed by atoms with Gasteiger partial charge in [-0.3, -0.25) is 4.79 Å². The number of anilines is 1. The van der Waals surface area contributed by atoms with Crippen molar-refractivity contribution in [2.24, 2.45) is 5.92 Å². The molecule has 1 atom stereocenters. The molecule has 1 fully saturated rings. The molecule has 1 aliphatic rings. The first-order valence-corrected chi connectivity index (χ1v) is 8.71. The second-order valence-corrected chi connectivity index (χ2v) is 6.20. The smallest absolute Gasteiger partial charge is 0.324 e. The first kappa shape index (κ1) is 18.2. The standard InChI is InChI=1S/C18H24N4O4/c1-24-11-9-19-17(23)14-4-3-10-22(12-14)18-20-16(21-26-18)13-5-7-15(25-2)8-6-13/h5-8,14H,3-4,9-12H2,1-2H3,(H,19,23)/t14-/m1/s1. The molecule has 1 aromatic heterocycles. The van der Waals surface area contributed by atoms with Crippen LogP contribution in [0.25, 0.3) is 11.4 Å². The van der Waals surface area contributed by atoms with Gasteiger partial charge >= 0.3 is 6.01 Å². The van der Waals surface area contributed by atoms with Crippen molar-refractivity contribution in [3.05, 3.63) is 24.3 Å². The van der Waals surface area contributed by atoms with Gasteiger partial charge in [-0.2, -0.15) is 4.98 Å². The summed E-state index contributed by atoms with van der Waals surface area (Å²) in [6, 6.07) is 7.93. The van der Waals surface area contributed by atoms with E-state index in [1.54, 1.807) is 14.2 Å². The third-order valence-electron chi connectivity index (χ3n) is 4.43. The van der Waals surface area contributed by atoms with E-state index in [1.165, 1.54) is 0 Å². The normalized spacial score (nSPS) is 17.2. The Hall–Kier alpha value is -2.61. The zero-order valence-corrected chi connectivity index (χ0v) is 15.1. The maximum absolute atomic E-state index is 12.3. The summed E-state index contributed by atoms with van der Waals surface area (Å²) < 4.78 is 15.5. The monoisotopic (exact) mass is 360 g/mol. The number of rotatable bonds is 7. The molecule has 1 amide bonds. The molecular weight excluding hydrogens is 336 g/mol. The van der Waals surface area contributed by atoms with Crippen molar-refractivity contribution < 1.29 is 18.8 Å². The van der Waals surface area contributed by atoms with Crippen molar-refractivity contribution >= 4 is 11.9 Å². The number of piperidine rings is 1. The number of benzene rings is 1. The highest BCUT2D eigenvalue weighted by molar-refractivity contribution is 5.79. The van der Waals surface area contributed by atoms with Crippen molar-refractivity contribution in [3.8, 4) is 17.1 Å². The predicted octanol–water partition coefficient (Wildman–Crippen LogP) is 1.72. The average molecular weight is 360 g/mol. The van der Waals surface area contributed by atoms with E-state index in [4.69, 9.17) is 14.0 Å². The Bertz CT molecular complexity index is 716. The molecule has 3 rings (SSSR count). The Kier molecular flexibility index (Phi) is 6.06. The molecule has 0 bridgehead atoms. The molecule has 1 saturated heterocycles. The van der Waals surface area contributed by atoms with Gasteiger partial charge < -0.3 is 24.2 Å². The Balaban J connectivity index is 1.63. The minimum Gasteiger partial charge on any atom is -0.497 e. The highest BCUT2D eigenvalue weighted by Crippen LogP contribution is 2.25. The van der Waals surface area contributed by atoms with Gasteiger partial charge in [0.1, 0.15) is 5.75 Å². The van der Waals surface area contributed by atoms with E-state index in [-0.39, 0.29) is 11.8 Å². The number of aromatic nitrogens is 2. The van der Waals surface area contributed by atoms with E-state index in [2.05, 4.69) is 15.5 Å². The highest BCUT2D eigenvalue weighted by Gasteiger charge is 2.28. The zero-order valence-electron chi connectivity index (χ0n) is 15.1. The summed E-state index contributed by atoms with van der Waals surface area (Å²) in [6.45, 7) is 2.40. The minimum absolute atomic E-state index is 0.0432. The van der Waals surface area contributed by atoms with Gasteiger partial charge in [0.05, 0.1) is 19.6 Å². The van der Waals surface area contributed by atoms with Gasteiger partial charge in [-0.1, -0.05) is 5.16 Å². The first-order chi connectivity index (χ1) is 12.7. The van der Waals surface area contributed by atoms with Crippen LogP contribution in [0.5, 0.6) is 5.75 Å². The SMILES string of the molecule is COCCNC(=O)[C@@H]1CCCN(c2nc(-c3ccc(OC)cc3)no2)C1.